The lowest BCUT2D eigenvalue weighted by Gasteiger charge is -2.19. The maximum Gasteiger partial charge on any atom is 0.244 e. The average molecular weight is 361 g/mol. The molecule has 0 unspecified atom stereocenters. The zero-order valence-corrected chi connectivity index (χ0v) is 15.2. The molecule has 0 aliphatic carbocycles. The van der Waals surface area contributed by atoms with Gasteiger partial charge in [-0.25, -0.2) is 13.4 Å². The number of hydrogen-bond acceptors (Lipinski definition) is 5. The molecule has 1 aromatic carbocycles. The summed E-state index contributed by atoms with van der Waals surface area (Å²) in [5.74, 6) is 1.55. The predicted octanol–water partition coefficient (Wildman–Crippen LogP) is 2.38. The molecule has 7 heteroatoms. The maximum atomic E-state index is 12.5. The molecule has 0 spiro atoms. The molecule has 1 saturated heterocycles. The Hall–Kier alpha value is -2.12. The van der Waals surface area contributed by atoms with Crippen LogP contribution in [0.4, 0.5) is 5.82 Å². The zero-order valence-electron chi connectivity index (χ0n) is 14.3. The van der Waals surface area contributed by atoms with Gasteiger partial charge in [-0.05, 0) is 37.1 Å². The van der Waals surface area contributed by atoms with Gasteiger partial charge in [-0.2, -0.15) is 4.31 Å². The highest BCUT2D eigenvalue weighted by atomic mass is 32.2. The molecule has 0 amide bonds. The molecule has 6 nitrogen and oxygen atoms in total. The van der Waals surface area contributed by atoms with Gasteiger partial charge in [0.25, 0.3) is 0 Å². The highest BCUT2D eigenvalue weighted by Crippen LogP contribution is 2.21. The van der Waals surface area contributed by atoms with Crippen molar-refractivity contribution in [1.82, 2.24) is 9.29 Å². The van der Waals surface area contributed by atoms with Crippen molar-refractivity contribution in [2.75, 3.05) is 38.2 Å². The Balaban J connectivity index is 1.58. The van der Waals surface area contributed by atoms with Gasteiger partial charge in [0, 0.05) is 26.3 Å². The molecule has 2 aromatic rings. The van der Waals surface area contributed by atoms with Crippen LogP contribution in [0.15, 0.2) is 53.6 Å². The van der Waals surface area contributed by atoms with Crippen LogP contribution in [0.2, 0.25) is 0 Å². The number of para-hydroxylation sites is 1. The van der Waals surface area contributed by atoms with E-state index >= 15 is 0 Å². The van der Waals surface area contributed by atoms with Gasteiger partial charge in [0.15, 0.2) is 0 Å². The number of sulfonamides is 1. The summed E-state index contributed by atoms with van der Waals surface area (Å²) in [5.41, 5.74) is 0. The summed E-state index contributed by atoms with van der Waals surface area (Å²) in [7, 11) is -1.50. The van der Waals surface area contributed by atoms with Crippen LogP contribution in [0, 0.1) is 0 Å². The number of aromatic nitrogens is 1. The Bertz CT molecular complexity index is 773. The highest BCUT2D eigenvalue weighted by Gasteiger charge is 2.27. The van der Waals surface area contributed by atoms with Crippen molar-refractivity contribution in [3.8, 4) is 5.75 Å². The first-order valence-electron chi connectivity index (χ1n) is 8.42. The van der Waals surface area contributed by atoms with Crippen LogP contribution < -0.4 is 9.64 Å². The average Bonchev–Trinajstić information content (AvgIpc) is 3.18. The Morgan fingerprint density at radius 1 is 1.12 bits per heavy atom. The monoisotopic (exact) mass is 361 g/mol. The smallest absolute Gasteiger partial charge is 0.244 e. The van der Waals surface area contributed by atoms with E-state index in [-0.39, 0.29) is 4.90 Å². The summed E-state index contributed by atoms with van der Waals surface area (Å²) in [6.45, 7) is 2.37. The summed E-state index contributed by atoms with van der Waals surface area (Å²) in [4.78, 5) is 6.50. The third-order valence-corrected chi connectivity index (χ3v) is 6.14. The number of ether oxygens (including phenoxy) is 1. The Morgan fingerprint density at radius 2 is 1.84 bits per heavy atom. The molecule has 1 fully saturated rings. The second-order valence-corrected chi connectivity index (χ2v) is 7.98. The second kappa shape index (κ2) is 7.84. The minimum atomic E-state index is -3.41. The van der Waals surface area contributed by atoms with Crippen LogP contribution in [0.25, 0.3) is 0 Å². The van der Waals surface area contributed by atoms with E-state index in [1.54, 1.807) is 12.1 Å². The predicted molar refractivity (Wildman–Crippen MR) is 97.4 cm³/mol. The van der Waals surface area contributed by atoms with Crippen LogP contribution in [0.3, 0.4) is 0 Å². The fourth-order valence-electron chi connectivity index (χ4n) is 2.76. The molecule has 0 radical (unpaired) electrons. The molecule has 0 saturated carbocycles. The summed E-state index contributed by atoms with van der Waals surface area (Å²) >= 11 is 0. The lowest BCUT2D eigenvalue weighted by atomic mass is 10.3. The molecule has 1 aromatic heterocycles. The molecule has 3 rings (SSSR count). The molecule has 1 aliphatic rings. The van der Waals surface area contributed by atoms with E-state index in [9.17, 15) is 8.42 Å². The van der Waals surface area contributed by atoms with Crippen molar-refractivity contribution in [2.24, 2.45) is 0 Å². The van der Waals surface area contributed by atoms with Gasteiger partial charge in [-0.15, -0.1) is 0 Å². The van der Waals surface area contributed by atoms with E-state index in [1.807, 2.05) is 42.3 Å². The van der Waals surface area contributed by atoms with Crippen LogP contribution in [-0.4, -0.2) is 51.0 Å². The fraction of sp³-hybridized carbons (Fsp3) is 0.389. The van der Waals surface area contributed by atoms with Gasteiger partial charge in [0.2, 0.25) is 10.0 Å². The number of rotatable bonds is 7. The Morgan fingerprint density at radius 3 is 2.48 bits per heavy atom. The van der Waals surface area contributed by atoms with Crippen molar-refractivity contribution < 1.29 is 13.2 Å². The molecule has 134 valence electrons. The second-order valence-electron chi connectivity index (χ2n) is 6.05. The molecular formula is C18H23N3O3S. The van der Waals surface area contributed by atoms with E-state index in [1.165, 1.54) is 10.5 Å². The summed E-state index contributed by atoms with van der Waals surface area (Å²) in [5, 5.41) is 0. The van der Waals surface area contributed by atoms with Gasteiger partial charge in [0.1, 0.15) is 23.1 Å². The first-order chi connectivity index (χ1) is 12.1. The van der Waals surface area contributed by atoms with Crippen LogP contribution in [0.1, 0.15) is 12.8 Å². The number of benzene rings is 1. The van der Waals surface area contributed by atoms with Crippen molar-refractivity contribution in [3.63, 3.8) is 0 Å². The minimum absolute atomic E-state index is 0.257. The van der Waals surface area contributed by atoms with E-state index in [2.05, 4.69) is 4.98 Å². The van der Waals surface area contributed by atoms with E-state index < -0.39 is 10.0 Å². The third-order valence-electron chi connectivity index (χ3n) is 4.25. The molecule has 0 bridgehead atoms. The molecule has 25 heavy (non-hydrogen) atoms. The summed E-state index contributed by atoms with van der Waals surface area (Å²) < 4.78 is 32.2. The molecule has 1 aliphatic heterocycles. The number of nitrogens with zero attached hydrogens (tertiary/aromatic N) is 3. The lowest BCUT2D eigenvalue weighted by Crippen LogP contribution is -2.28. The largest absolute Gasteiger partial charge is 0.492 e. The normalized spacial score (nSPS) is 15.2. The van der Waals surface area contributed by atoms with Crippen LogP contribution in [-0.2, 0) is 10.0 Å². The third kappa shape index (κ3) is 4.29. The summed E-state index contributed by atoms with van der Waals surface area (Å²) in [6.07, 6.45) is 3.29. The number of hydrogen-bond donors (Lipinski definition) is 0. The van der Waals surface area contributed by atoms with Gasteiger partial charge in [-0.1, -0.05) is 18.2 Å². The standard InChI is InChI=1S/C18H23N3O3S/c1-20(13-14-24-16-7-3-2-4-8-16)18-10-9-17(15-19-18)25(22,23)21-11-5-6-12-21/h2-4,7-10,15H,5-6,11-14H2,1H3. The molecule has 0 N–H and O–H groups in total. The topological polar surface area (TPSA) is 62.7 Å². The molecule has 2 heterocycles. The van der Waals surface area contributed by atoms with Crippen molar-refractivity contribution >= 4 is 15.8 Å². The first kappa shape index (κ1) is 17.7. The fourth-order valence-corrected chi connectivity index (χ4v) is 4.22. The highest BCUT2D eigenvalue weighted by molar-refractivity contribution is 7.89. The quantitative estimate of drug-likeness (QED) is 0.758. The number of pyridine rings is 1. The van der Waals surface area contributed by atoms with E-state index in [0.717, 1.165) is 24.4 Å². The molecular weight excluding hydrogens is 338 g/mol. The van der Waals surface area contributed by atoms with E-state index in [0.29, 0.717) is 26.2 Å². The first-order valence-corrected chi connectivity index (χ1v) is 9.86. The zero-order chi connectivity index (χ0) is 17.7. The number of anilines is 1. The van der Waals surface area contributed by atoms with Gasteiger partial charge >= 0.3 is 0 Å². The Kier molecular flexibility index (Phi) is 5.55. The number of likely N-dealkylation sites (N-methyl/N-ethyl adjacent to an activating group) is 1. The van der Waals surface area contributed by atoms with Gasteiger partial charge < -0.3 is 9.64 Å². The Labute approximate surface area is 149 Å². The van der Waals surface area contributed by atoms with Crippen molar-refractivity contribution in [1.29, 1.82) is 0 Å². The minimum Gasteiger partial charge on any atom is -0.492 e. The molecule has 0 atom stereocenters. The van der Waals surface area contributed by atoms with Gasteiger partial charge in [0.05, 0.1) is 6.54 Å². The van der Waals surface area contributed by atoms with Crippen LogP contribution in [0.5, 0.6) is 5.75 Å². The summed E-state index contributed by atoms with van der Waals surface area (Å²) in [6, 6.07) is 13.0. The lowest BCUT2D eigenvalue weighted by molar-refractivity contribution is 0.325. The van der Waals surface area contributed by atoms with Crippen molar-refractivity contribution in [3.05, 3.63) is 48.7 Å². The maximum absolute atomic E-state index is 12.5. The SMILES string of the molecule is CN(CCOc1ccccc1)c1ccc(S(=O)(=O)N2CCCC2)cn1. The van der Waals surface area contributed by atoms with Gasteiger partial charge in [-0.3, -0.25) is 0 Å². The van der Waals surface area contributed by atoms with Crippen LogP contribution >= 0.6 is 0 Å². The van der Waals surface area contributed by atoms with Crippen molar-refractivity contribution in [2.45, 2.75) is 17.7 Å². The van der Waals surface area contributed by atoms with E-state index in [4.69, 9.17) is 4.74 Å².